The lowest BCUT2D eigenvalue weighted by atomic mass is 10.1. The van der Waals surface area contributed by atoms with Crippen molar-refractivity contribution in [2.24, 2.45) is 0 Å². The topological polar surface area (TPSA) is 86.0 Å². The highest BCUT2D eigenvalue weighted by atomic mass is 16.2. The Morgan fingerprint density at radius 1 is 1.03 bits per heavy atom. The van der Waals surface area contributed by atoms with Crippen LogP contribution in [-0.4, -0.2) is 26.3 Å². The molecule has 156 valence electrons. The third-order valence-corrected chi connectivity index (χ3v) is 4.85. The monoisotopic (exact) mass is 406 g/mol. The molecule has 0 saturated heterocycles. The number of carbonyl (C=O) groups excluding carboxylic acids is 1. The van der Waals surface area contributed by atoms with Gasteiger partial charge in [-0.1, -0.05) is 35.9 Å². The molecule has 1 amide bonds. The van der Waals surface area contributed by atoms with E-state index in [2.05, 4.69) is 10.4 Å². The van der Waals surface area contributed by atoms with Gasteiger partial charge in [0.05, 0.1) is 12.2 Å². The maximum absolute atomic E-state index is 13.2. The highest BCUT2D eigenvalue weighted by Crippen LogP contribution is 2.12. The molecule has 7 nitrogen and oxygen atoms in total. The summed E-state index contributed by atoms with van der Waals surface area (Å²) in [6.45, 7) is 9.47. The molecule has 0 aliphatic heterocycles. The minimum Gasteiger partial charge on any atom is -0.348 e. The lowest BCUT2D eigenvalue weighted by molar-refractivity contribution is 0.0933. The fourth-order valence-corrected chi connectivity index (χ4v) is 3.15. The lowest BCUT2D eigenvalue weighted by Gasteiger charge is -2.14. The van der Waals surface area contributed by atoms with Crippen molar-refractivity contribution in [3.8, 4) is 5.69 Å². The van der Waals surface area contributed by atoms with Crippen LogP contribution in [0.1, 0.15) is 46.6 Å². The van der Waals surface area contributed by atoms with Gasteiger partial charge in [-0.15, -0.1) is 0 Å². The number of nitrogens with zero attached hydrogens (tertiary/aromatic N) is 3. The SMILES string of the molecule is Cc1cccc(Cn2c(=O)c(C(=O)NC(C)C)nn(-c3ccc(C)c(C)c3)c2=O)c1. The van der Waals surface area contributed by atoms with Crippen LogP contribution in [0, 0.1) is 20.8 Å². The van der Waals surface area contributed by atoms with Gasteiger partial charge in [-0.25, -0.2) is 4.79 Å². The van der Waals surface area contributed by atoms with Crippen molar-refractivity contribution >= 4 is 5.91 Å². The van der Waals surface area contributed by atoms with E-state index in [1.807, 2.05) is 57.2 Å². The molecule has 0 radical (unpaired) electrons. The molecule has 1 aromatic heterocycles. The Morgan fingerprint density at radius 3 is 2.40 bits per heavy atom. The van der Waals surface area contributed by atoms with E-state index in [1.54, 1.807) is 19.9 Å². The van der Waals surface area contributed by atoms with Crippen molar-refractivity contribution in [1.82, 2.24) is 19.7 Å². The fourth-order valence-electron chi connectivity index (χ4n) is 3.15. The van der Waals surface area contributed by atoms with Crippen LogP contribution in [0.25, 0.3) is 5.69 Å². The molecular weight excluding hydrogens is 380 g/mol. The van der Waals surface area contributed by atoms with Crippen LogP contribution in [0.15, 0.2) is 52.1 Å². The van der Waals surface area contributed by atoms with Crippen LogP contribution in [0.3, 0.4) is 0 Å². The van der Waals surface area contributed by atoms with Gasteiger partial charge in [0, 0.05) is 6.04 Å². The van der Waals surface area contributed by atoms with E-state index in [1.165, 1.54) is 0 Å². The third kappa shape index (κ3) is 4.40. The van der Waals surface area contributed by atoms with Gasteiger partial charge in [-0.05, 0) is 63.4 Å². The first-order valence-corrected chi connectivity index (χ1v) is 9.85. The first-order chi connectivity index (χ1) is 14.2. The molecule has 3 rings (SSSR count). The van der Waals surface area contributed by atoms with Crippen LogP contribution in [0.2, 0.25) is 0 Å². The molecule has 0 saturated carbocycles. The average molecular weight is 406 g/mol. The standard InChI is InChI=1S/C23H26N4O3/c1-14(2)24-21(28)20-22(29)26(13-18-8-6-7-15(3)11-18)23(30)27(25-20)19-10-9-16(4)17(5)12-19/h6-12,14H,13H2,1-5H3,(H,24,28). The molecule has 30 heavy (non-hydrogen) atoms. The van der Waals surface area contributed by atoms with Crippen LogP contribution in [-0.2, 0) is 6.54 Å². The summed E-state index contributed by atoms with van der Waals surface area (Å²) >= 11 is 0. The summed E-state index contributed by atoms with van der Waals surface area (Å²) in [7, 11) is 0. The Bertz CT molecular complexity index is 1220. The smallest absolute Gasteiger partial charge is 0.348 e. The summed E-state index contributed by atoms with van der Waals surface area (Å²) in [6, 6.07) is 12.8. The molecule has 0 aliphatic carbocycles. The zero-order chi connectivity index (χ0) is 22.0. The predicted molar refractivity (Wildman–Crippen MR) is 116 cm³/mol. The van der Waals surface area contributed by atoms with Gasteiger partial charge >= 0.3 is 5.69 Å². The number of hydrogen-bond donors (Lipinski definition) is 1. The predicted octanol–water partition coefficient (Wildman–Crippen LogP) is 2.51. The van der Waals surface area contributed by atoms with Crippen molar-refractivity contribution in [2.45, 2.75) is 47.2 Å². The first-order valence-electron chi connectivity index (χ1n) is 9.85. The zero-order valence-corrected chi connectivity index (χ0v) is 17.9. The summed E-state index contributed by atoms with van der Waals surface area (Å²) in [5.41, 5.74) is 2.74. The average Bonchev–Trinajstić information content (AvgIpc) is 2.67. The van der Waals surface area contributed by atoms with E-state index in [0.29, 0.717) is 5.69 Å². The molecular formula is C23H26N4O3. The largest absolute Gasteiger partial charge is 0.352 e. The molecule has 0 unspecified atom stereocenters. The maximum Gasteiger partial charge on any atom is 0.352 e. The van der Waals surface area contributed by atoms with Crippen molar-refractivity contribution in [2.75, 3.05) is 0 Å². The highest BCUT2D eigenvalue weighted by molar-refractivity contribution is 5.91. The van der Waals surface area contributed by atoms with Gasteiger partial charge in [0.15, 0.2) is 0 Å². The van der Waals surface area contributed by atoms with Gasteiger partial charge in [-0.3, -0.25) is 14.2 Å². The van der Waals surface area contributed by atoms with Crippen LogP contribution in [0.4, 0.5) is 0 Å². The van der Waals surface area contributed by atoms with E-state index in [-0.39, 0.29) is 18.3 Å². The van der Waals surface area contributed by atoms with Crippen molar-refractivity contribution < 1.29 is 4.79 Å². The Balaban J connectivity index is 2.23. The number of nitrogens with one attached hydrogen (secondary N) is 1. The van der Waals surface area contributed by atoms with Gasteiger partial charge in [-0.2, -0.15) is 9.78 Å². The molecule has 0 fully saturated rings. The maximum atomic E-state index is 13.2. The van der Waals surface area contributed by atoms with Crippen LogP contribution in [0.5, 0.6) is 0 Å². The van der Waals surface area contributed by atoms with Crippen LogP contribution < -0.4 is 16.6 Å². The number of benzene rings is 2. The second-order valence-corrected chi connectivity index (χ2v) is 7.82. The van der Waals surface area contributed by atoms with E-state index in [9.17, 15) is 14.4 Å². The van der Waals surface area contributed by atoms with Gasteiger partial charge < -0.3 is 5.32 Å². The molecule has 0 aliphatic rings. The highest BCUT2D eigenvalue weighted by Gasteiger charge is 2.21. The number of rotatable bonds is 5. The Hall–Kier alpha value is -3.48. The Morgan fingerprint density at radius 2 is 1.77 bits per heavy atom. The summed E-state index contributed by atoms with van der Waals surface area (Å²) in [4.78, 5) is 38.9. The fraction of sp³-hybridized carbons (Fsp3) is 0.304. The molecule has 1 N–H and O–H groups in total. The normalized spacial score (nSPS) is 11.0. The van der Waals surface area contributed by atoms with Crippen LogP contribution >= 0.6 is 0 Å². The zero-order valence-electron chi connectivity index (χ0n) is 17.9. The summed E-state index contributed by atoms with van der Waals surface area (Å²) < 4.78 is 2.19. The minimum atomic E-state index is -0.709. The Labute approximate surface area is 175 Å². The minimum absolute atomic E-state index is 0.0503. The van der Waals surface area contributed by atoms with E-state index in [0.717, 1.165) is 31.5 Å². The number of amides is 1. The Kier molecular flexibility index (Phi) is 6.01. The molecule has 0 atom stereocenters. The van der Waals surface area contributed by atoms with Crippen molar-refractivity contribution in [3.05, 3.63) is 91.3 Å². The number of aromatic nitrogens is 3. The number of aryl methyl sites for hydroxylation is 3. The number of carbonyl (C=O) groups is 1. The molecule has 1 heterocycles. The summed E-state index contributed by atoms with van der Waals surface area (Å²) in [5, 5.41) is 6.83. The van der Waals surface area contributed by atoms with Gasteiger partial charge in [0.2, 0.25) is 5.69 Å². The summed E-state index contributed by atoms with van der Waals surface area (Å²) in [6.07, 6.45) is 0. The molecule has 0 spiro atoms. The van der Waals surface area contributed by atoms with Gasteiger partial charge in [0.25, 0.3) is 11.5 Å². The van der Waals surface area contributed by atoms with E-state index in [4.69, 9.17) is 0 Å². The molecule has 7 heteroatoms. The second-order valence-electron chi connectivity index (χ2n) is 7.82. The number of hydrogen-bond acceptors (Lipinski definition) is 4. The van der Waals surface area contributed by atoms with Gasteiger partial charge in [0.1, 0.15) is 0 Å². The van der Waals surface area contributed by atoms with E-state index >= 15 is 0 Å². The third-order valence-electron chi connectivity index (χ3n) is 4.85. The summed E-state index contributed by atoms with van der Waals surface area (Å²) in [5.74, 6) is -0.606. The van der Waals surface area contributed by atoms with E-state index < -0.39 is 17.2 Å². The molecule has 2 aromatic carbocycles. The van der Waals surface area contributed by atoms with Crippen molar-refractivity contribution in [1.29, 1.82) is 0 Å². The quantitative estimate of drug-likeness (QED) is 0.705. The molecule has 3 aromatic rings. The second kappa shape index (κ2) is 8.49. The molecule has 0 bridgehead atoms. The first kappa shape index (κ1) is 21.2. The lowest BCUT2D eigenvalue weighted by Crippen LogP contribution is -2.46. The van der Waals surface area contributed by atoms with Crippen molar-refractivity contribution in [3.63, 3.8) is 0 Å².